The van der Waals surface area contributed by atoms with E-state index in [0.29, 0.717) is 0 Å². The van der Waals surface area contributed by atoms with E-state index in [1.54, 1.807) is 11.1 Å². The summed E-state index contributed by atoms with van der Waals surface area (Å²) in [4.78, 5) is 0. The molecule has 0 radical (unpaired) electrons. The van der Waals surface area contributed by atoms with Gasteiger partial charge < -0.3 is 0 Å². The summed E-state index contributed by atoms with van der Waals surface area (Å²) >= 11 is 0. The van der Waals surface area contributed by atoms with Gasteiger partial charge in [-0.2, -0.15) is 0 Å². The summed E-state index contributed by atoms with van der Waals surface area (Å²) in [7, 11) is 0. The lowest BCUT2D eigenvalue weighted by Gasteiger charge is -2.27. The second kappa shape index (κ2) is 3.30. The van der Waals surface area contributed by atoms with E-state index in [4.69, 9.17) is 0 Å². The highest BCUT2D eigenvalue weighted by atomic mass is 14.3. The van der Waals surface area contributed by atoms with E-state index >= 15 is 0 Å². The molecule has 0 aliphatic heterocycles. The molecule has 0 nitrogen and oxygen atoms in total. The average molecular weight is 160 g/mol. The van der Waals surface area contributed by atoms with Gasteiger partial charge in [-0.25, -0.2) is 0 Å². The normalized spacial score (nSPS) is 14.4. The fourth-order valence-corrected chi connectivity index (χ4v) is 2.02. The maximum atomic E-state index is 2.32. The minimum atomic E-state index is 0.807. The molecule has 3 rings (SSSR count). The predicted molar refractivity (Wildman–Crippen MR) is 52.4 cm³/mol. The predicted octanol–water partition coefficient (Wildman–Crippen LogP) is 3.71. The topological polar surface area (TPSA) is 0 Å². The van der Waals surface area contributed by atoms with Gasteiger partial charge in [0.1, 0.15) is 0 Å². The van der Waals surface area contributed by atoms with Crippen molar-refractivity contribution in [3.05, 3.63) is 35.4 Å². The van der Waals surface area contributed by atoms with Crippen molar-refractivity contribution in [2.45, 2.75) is 38.5 Å². The summed E-state index contributed by atoms with van der Waals surface area (Å²) in [5.74, 6) is 0.807. The molecule has 0 spiro atoms. The molecule has 12 heavy (non-hydrogen) atoms. The molecule has 0 saturated carbocycles. The third-order valence-electron chi connectivity index (χ3n) is 2.81. The lowest BCUT2D eigenvalue weighted by atomic mass is 9.78. The van der Waals surface area contributed by atoms with Gasteiger partial charge in [0.15, 0.2) is 0 Å². The van der Waals surface area contributed by atoms with Gasteiger partial charge in [0.2, 0.25) is 0 Å². The number of unbranched alkanes of at least 4 members (excludes halogenated alkanes) is 2. The van der Waals surface area contributed by atoms with E-state index in [-0.39, 0.29) is 0 Å². The summed E-state index contributed by atoms with van der Waals surface area (Å²) in [6.45, 7) is 2.26. The number of rotatable bonds is 4. The van der Waals surface area contributed by atoms with E-state index in [9.17, 15) is 0 Å². The Morgan fingerprint density at radius 3 is 2.50 bits per heavy atom. The molecular formula is C12H16. The van der Waals surface area contributed by atoms with Crippen LogP contribution in [0.2, 0.25) is 0 Å². The van der Waals surface area contributed by atoms with E-state index in [1.165, 1.54) is 25.7 Å². The SMILES string of the molecule is CCCCCC1c2cccc1c2. The number of benzene rings is 1. The molecular weight excluding hydrogens is 144 g/mol. The molecule has 2 aliphatic rings. The van der Waals surface area contributed by atoms with Crippen molar-refractivity contribution in [3.8, 4) is 0 Å². The van der Waals surface area contributed by atoms with Crippen molar-refractivity contribution in [2.24, 2.45) is 0 Å². The van der Waals surface area contributed by atoms with Crippen LogP contribution in [0.15, 0.2) is 24.3 Å². The van der Waals surface area contributed by atoms with E-state index in [1.807, 2.05) is 0 Å². The number of fused-ring (bicyclic) bond motifs is 2. The van der Waals surface area contributed by atoms with Gasteiger partial charge in [-0.05, 0) is 17.5 Å². The highest BCUT2D eigenvalue weighted by Crippen LogP contribution is 2.38. The van der Waals surface area contributed by atoms with Crippen LogP contribution < -0.4 is 0 Å². The van der Waals surface area contributed by atoms with Gasteiger partial charge >= 0.3 is 0 Å². The van der Waals surface area contributed by atoms with E-state index in [0.717, 1.165) is 5.92 Å². The Morgan fingerprint density at radius 2 is 1.92 bits per heavy atom. The van der Waals surface area contributed by atoms with E-state index in [2.05, 4.69) is 31.2 Å². The minimum absolute atomic E-state index is 0.807. The Morgan fingerprint density at radius 1 is 1.17 bits per heavy atom. The Bertz CT molecular complexity index is 236. The highest BCUT2D eigenvalue weighted by molar-refractivity contribution is 5.43. The molecule has 0 heteroatoms. The molecule has 0 atom stereocenters. The minimum Gasteiger partial charge on any atom is -0.0654 e. The molecule has 0 N–H and O–H groups in total. The molecule has 0 heterocycles. The molecule has 0 amide bonds. The Hall–Kier alpha value is -0.780. The van der Waals surface area contributed by atoms with Crippen LogP contribution >= 0.6 is 0 Å². The average Bonchev–Trinajstić information content (AvgIpc) is 2.13. The van der Waals surface area contributed by atoms with Gasteiger partial charge in [0.25, 0.3) is 0 Å². The largest absolute Gasteiger partial charge is 0.0654 e. The van der Waals surface area contributed by atoms with Gasteiger partial charge in [-0.1, -0.05) is 50.5 Å². The summed E-state index contributed by atoms with van der Waals surface area (Å²) in [5, 5.41) is 0. The van der Waals surface area contributed by atoms with Crippen LogP contribution in [-0.4, -0.2) is 0 Å². The molecule has 1 aromatic rings. The van der Waals surface area contributed by atoms with Gasteiger partial charge in [-0.3, -0.25) is 0 Å². The fraction of sp³-hybridized carbons (Fsp3) is 0.500. The standard InChI is InChI=1S/C12H16/c1-2-3-4-8-12-10-6-5-7-11(12)9-10/h5-7,9,12H,2-4,8H2,1H3. The summed E-state index contributed by atoms with van der Waals surface area (Å²) in [6.07, 6.45) is 5.49. The number of hydrogen-bond donors (Lipinski definition) is 0. The van der Waals surface area contributed by atoms with Crippen molar-refractivity contribution in [1.82, 2.24) is 0 Å². The van der Waals surface area contributed by atoms with Crippen LogP contribution in [0.4, 0.5) is 0 Å². The second-order valence-corrected chi connectivity index (χ2v) is 3.72. The molecule has 2 bridgehead atoms. The second-order valence-electron chi connectivity index (χ2n) is 3.72. The Balaban J connectivity index is 1.85. The molecule has 0 aromatic heterocycles. The number of hydrogen-bond acceptors (Lipinski definition) is 0. The zero-order chi connectivity index (χ0) is 8.39. The quantitative estimate of drug-likeness (QED) is 0.589. The zero-order valence-corrected chi connectivity index (χ0v) is 7.72. The highest BCUT2D eigenvalue weighted by Gasteiger charge is 2.21. The van der Waals surface area contributed by atoms with E-state index < -0.39 is 0 Å². The van der Waals surface area contributed by atoms with Crippen molar-refractivity contribution < 1.29 is 0 Å². The maximum Gasteiger partial charge on any atom is 0.00895 e. The van der Waals surface area contributed by atoms with Gasteiger partial charge in [0, 0.05) is 5.92 Å². The van der Waals surface area contributed by atoms with Crippen LogP contribution in [0.25, 0.3) is 0 Å². The van der Waals surface area contributed by atoms with Crippen LogP contribution in [0.5, 0.6) is 0 Å². The van der Waals surface area contributed by atoms with Crippen LogP contribution in [-0.2, 0) is 0 Å². The lowest BCUT2D eigenvalue weighted by molar-refractivity contribution is 0.600. The summed E-state index contributed by atoms with van der Waals surface area (Å²) < 4.78 is 0. The first-order chi connectivity index (χ1) is 5.92. The molecule has 1 aromatic carbocycles. The first-order valence-electron chi connectivity index (χ1n) is 5.01. The monoisotopic (exact) mass is 160 g/mol. The zero-order valence-electron chi connectivity index (χ0n) is 7.72. The Kier molecular flexibility index (Phi) is 2.16. The smallest absolute Gasteiger partial charge is 0.00895 e. The van der Waals surface area contributed by atoms with Crippen molar-refractivity contribution in [2.75, 3.05) is 0 Å². The molecule has 0 fully saturated rings. The maximum absolute atomic E-state index is 2.32. The first-order valence-corrected chi connectivity index (χ1v) is 5.01. The third kappa shape index (κ3) is 1.26. The molecule has 0 saturated heterocycles. The van der Waals surface area contributed by atoms with Gasteiger partial charge in [0.05, 0.1) is 0 Å². The van der Waals surface area contributed by atoms with Crippen molar-refractivity contribution in [3.63, 3.8) is 0 Å². The molecule has 0 unspecified atom stereocenters. The van der Waals surface area contributed by atoms with Crippen LogP contribution in [0, 0.1) is 0 Å². The third-order valence-corrected chi connectivity index (χ3v) is 2.81. The summed E-state index contributed by atoms with van der Waals surface area (Å²) in [6, 6.07) is 8.99. The van der Waals surface area contributed by atoms with Crippen molar-refractivity contribution >= 4 is 0 Å². The van der Waals surface area contributed by atoms with Crippen LogP contribution in [0.1, 0.15) is 49.7 Å². The lowest BCUT2D eigenvalue weighted by Crippen LogP contribution is -2.10. The first kappa shape index (κ1) is 7.85. The van der Waals surface area contributed by atoms with Gasteiger partial charge in [-0.15, -0.1) is 0 Å². The molecule has 2 aliphatic carbocycles. The Labute approximate surface area is 74.6 Å². The van der Waals surface area contributed by atoms with Crippen LogP contribution in [0.3, 0.4) is 0 Å². The van der Waals surface area contributed by atoms with Crippen molar-refractivity contribution in [1.29, 1.82) is 0 Å². The fourth-order valence-electron chi connectivity index (χ4n) is 2.02. The summed E-state index contributed by atoms with van der Waals surface area (Å²) in [5.41, 5.74) is 3.12. The molecule has 64 valence electrons.